The third kappa shape index (κ3) is 5.35. The highest BCUT2D eigenvalue weighted by molar-refractivity contribution is 5.85. The van der Waals surface area contributed by atoms with Crippen LogP contribution in [-0.2, 0) is 11.2 Å². The molecular formula is C22H28ClN5O. The second-order valence-corrected chi connectivity index (χ2v) is 7.13. The Morgan fingerprint density at radius 3 is 2.55 bits per heavy atom. The molecule has 2 heterocycles. The molecule has 6 nitrogen and oxygen atoms in total. The van der Waals surface area contributed by atoms with Crippen LogP contribution >= 0.6 is 12.4 Å². The monoisotopic (exact) mass is 413 g/mol. The van der Waals surface area contributed by atoms with Gasteiger partial charge in [0.05, 0.1) is 11.0 Å². The Balaban J connectivity index is 0.00000240. The lowest BCUT2D eigenvalue weighted by molar-refractivity contribution is -0.121. The number of halogens is 1. The van der Waals surface area contributed by atoms with E-state index in [1.54, 1.807) is 0 Å². The molecule has 2 N–H and O–H groups in total. The minimum atomic E-state index is 0. The van der Waals surface area contributed by atoms with Crippen molar-refractivity contribution in [1.29, 1.82) is 0 Å². The minimum absolute atomic E-state index is 0. The number of para-hydroxylation sites is 3. The van der Waals surface area contributed by atoms with Gasteiger partial charge in [0.25, 0.3) is 0 Å². The van der Waals surface area contributed by atoms with E-state index in [4.69, 9.17) is 4.98 Å². The fourth-order valence-corrected chi connectivity index (χ4v) is 3.71. The van der Waals surface area contributed by atoms with Crippen molar-refractivity contribution in [3.05, 3.63) is 60.4 Å². The summed E-state index contributed by atoms with van der Waals surface area (Å²) < 4.78 is 2.16. The van der Waals surface area contributed by atoms with Crippen molar-refractivity contribution in [1.82, 2.24) is 25.1 Å². The van der Waals surface area contributed by atoms with E-state index in [1.165, 1.54) is 0 Å². The second-order valence-electron chi connectivity index (χ2n) is 7.13. The lowest BCUT2D eigenvalue weighted by atomic mass is 10.2. The van der Waals surface area contributed by atoms with Gasteiger partial charge in [0.2, 0.25) is 5.91 Å². The summed E-state index contributed by atoms with van der Waals surface area (Å²) in [5.41, 5.74) is 3.11. The number of nitrogens with one attached hydrogen (secondary N) is 2. The molecule has 0 bridgehead atoms. The van der Waals surface area contributed by atoms with E-state index in [0.717, 1.165) is 55.3 Å². The van der Waals surface area contributed by atoms with E-state index >= 15 is 0 Å². The summed E-state index contributed by atoms with van der Waals surface area (Å²) in [6, 6.07) is 18.3. The van der Waals surface area contributed by atoms with Gasteiger partial charge in [0, 0.05) is 57.8 Å². The molecule has 0 atom stereocenters. The molecule has 0 radical (unpaired) electrons. The van der Waals surface area contributed by atoms with Crippen LogP contribution in [-0.4, -0.2) is 59.6 Å². The maximum Gasteiger partial charge on any atom is 0.220 e. The van der Waals surface area contributed by atoms with Crippen LogP contribution < -0.4 is 10.6 Å². The highest BCUT2D eigenvalue weighted by Crippen LogP contribution is 2.22. The molecule has 154 valence electrons. The number of benzene rings is 2. The normalized spacial score (nSPS) is 14.5. The summed E-state index contributed by atoms with van der Waals surface area (Å²) in [5.74, 6) is 1.01. The van der Waals surface area contributed by atoms with Crippen LogP contribution in [0.5, 0.6) is 0 Å². The number of fused-ring (bicyclic) bond motifs is 1. The van der Waals surface area contributed by atoms with Crippen molar-refractivity contribution >= 4 is 29.3 Å². The first kappa shape index (κ1) is 21.3. The van der Waals surface area contributed by atoms with Crippen LogP contribution in [0.3, 0.4) is 0 Å². The van der Waals surface area contributed by atoms with Gasteiger partial charge in [-0.3, -0.25) is 14.3 Å². The smallest absolute Gasteiger partial charge is 0.220 e. The molecule has 1 aromatic heterocycles. The molecule has 0 unspecified atom stereocenters. The highest BCUT2D eigenvalue weighted by Gasteiger charge is 2.14. The lowest BCUT2D eigenvalue weighted by Crippen LogP contribution is -2.46. The summed E-state index contributed by atoms with van der Waals surface area (Å²) >= 11 is 0. The molecule has 3 aromatic rings. The molecule has 2 aromatic carbocycles. The number of carbonyl (C=O) groups is 1. The maximum atomic E-state index is 12.3. The van der Waals surface area contributed by atoms with E-state index in [0.29, 0.717) is 19.4 Å². The van der Waals surface area contributed by atoms with E-state index in [2.05, 4.69) is 38.3 Å². The predicted molar refractivity (Wildman–Crippen MR) is 119 cm³/mol. The Hall–Kier alpha value is -2.41. The summed E-state index contributed by atoms with van der Waals surface area (Å²) in [6.07, 6.45) is 1.06. The maximum absolute atomic E-state index is 12.3. The number of amides is 1. The van der Waals surface area contributed by atoms with Crippen LogP contribution in [0, 0.1) is 0 Å². The molecule has 7 heteroatoms. The zero-order valence-electron chi connectivity index (χ0n) is 16.5. The number of imidazole rings is 1. The number of rotatable bonds is 7. The Morgan fingerprint density at radius 2 is 1.76 bits per heavy atom. The van der Waals surface area contributed by atoms with Crippen molar-refractivity contribution in [2.45, 2.75) is 12.8 Å². The molecule has 29 heavy (non-hydrogen) atoms. The zero-order valence-corrected chi connectivity index (χ0v) is 17.3. The second kappa shape index (κ2) is 10.4. The van der Waals surface area contributed by atoms with Gasteiger partial charge >= 0.3 is 0 Å². The van der Waals surface area contributed by atoms with Crippen LogP contribution in [0.15, 0.2) is 54.6 Å². The molecule has 1 fully saturated rings. The topological polar surface area (TPSA) is 62.2 Å². The molecule has 1 aliphatic heterocycles. The summed E-state index contributed by atoms with van der Waals surface area (Å²) in [7, 11) is 0. The summed E-state index contributed by atoms with van der Waals surface area (Å²) in [6.45, 7) is 5.78. The molecule has 1 aliphatic rings. The van der Waals surface area contributed by atoms with E-state index in [9.17, 15) is 4.79 Å². The van der Waals surface area contributed by atoms with Gasteiger partial charge in [-0.1, -0.05) is 30.3 Å². The van der Waals surface area contributed by atoms with Crippen LogP contribution in [0.1, 0.15) is 12.2 Å². The predicted octanol–water partition coefficient (Wildman–Crippen LogP) is 2.40. The van der Waals surface area contributed by atoms with E-state index in [1.807, 2.05) is 36.4 Å². The first-order valence-corrected chi connectivity index (χ1v) is 10.0. The standard InChI is InChI=1S/C22H27N5O.ClH/c28-22(24-14-17-26-15-12-23-13-16-26)11-10-21-25-19-8-4-5-9-20(19)27(21)18-6-2-1-3-7-18;/h1-9,23H,10-17H2,(H,24,28);1H. The zero-order chi connectivity index (χ0) is 19.2. The molecule has 0 aliphatic carbocycles. The minimum Gasteiger partial charge on any atom is -0.355 e. The van der Waals surface area contributed by atoms with Crippen molar-refractivity contribution in [2.75, 3.05) is 39.3 Å². The number of hydrogen-bond acceptors (Lipinski definition) is 4. The Bertz CT molecular complexity index is 921. The largest absolute Gasteiger partial charge is 0.355 e. The molecule has 0 spiro atoms. The van der Waals surface area contributed by atoms with E-state index < -0.39 is 0 Å². The van der Waals surface area contributed by atoms with E-state index in [-0.39, 0.29) is 18.3 Å². The van der Waals surface area contributed by atoms with Gasteiger partial charge in [-0.15, -0.1) is 12.4 Å². The van der Waals surface area contributed by atoms with Gasteiger partial charge in [0.15, 0.2) is 0 Å². The van der Waals surface area contributed by atoms with Gasteiger partial charge < -0.3 is 10.6 Å². The quantitative estimate of drug-likeness (QED) is 0.624. The fraction of sp³-hybridized carbons (Fsp3) is 0.364. The third-order valence-corrected chi connectivity index (χ3v) is 5.18. The van der Waals surface area contributed by atoms with Crippen molar-refractivity contribution < 1.29 is 4.79 Å². The Morgan fingerprint density at radius 1 is 1.03 bits per heavy atom. The average molecular weight is 414 g/mol. The lowest BCUT2D eigenvalue weighted by Gasteiger charge is -2.27. The van der Waals surface area contributed by atoms with Gasteiger partial charge in [-0.05, 0) is 24.3 Å². The number of aryl methyl sites for hydroxylation is 1. The van der Waals surface area contributed by atoms with Gasteiger partial charge in [0.1, 0.15) is 5.82 Å². The van der Waals surface area contributed by atoms with Gasteiger partial charge in [-0.2, -0.15) is 0 Å². The average Bonchev–Trinajstić information content (AvgIpc) is 3.12. The number of nitrogens with zero attached hydrogens (tertiary/aromatic N) is 3. The van der Waals surface area contributed by atoms with Crippen LogP contribution in [0.25, 0.3) is 16.7 Å². The number of aromatic nitrogens is 2. The Labute approximate surface area is 177 Å². The first-order valence-electron chi connectivity index (χ1n) is 10.0. The van der Waals surface area contributed by atoms with Gasteiger partial charge in [-0.25, -0.2) is 4.98 Å². The molecule has 4 rings (SSSR count). The molecule has 0 saturated carbocycles. The van der Waals surface area contributed by atoms with Crippen molar-refractivity contribution in [2.24, 2.45) is 0 Å². The number of piperazine rings is 1. The molecule has 1 saturated heterocycles. The number of carbonyl (C=O) groups excluding carboxylic acids is 1. The Kier molecular flexibility index (Phi) is 7.63. The SMILES string of the molecule is Cl.O=C(CCc1nc2ccccc2n1-c1ccccc1)NCCN1CCNCC1. The third-order valence-electron chi connectivity index (χ3n) is 5.18. The summed E-state index contributed by atoms with van der Waals surface area (Å²) in [5, 5.41) is 6.40. The van der Waals surface area contributed by atoms with Crippen molar-refractivity contribution in [3.63, 3.8) is 0 Å². The van der Waals surface area contributed by atoms with Crippen molar-refractivity contribution in [3.8, 4) is 5.69 Å². The van der Waals surface area contributed by atoms with Crippen LogP contribution in [0.4, 0.5) is 0 Å². The summed E-state index contributed by atoms with van der Waals surface area (Å²) in [4.78, 5) is 19.5. The van der Waals surface area contributed by atoms with Crippen LogP contribution in [0.2, 0.25) is 0 Å². The number of hydrogen-bond donors (Lipinski definition) is 2. The highest BCUT2D eigenvalue weighted by atomic mass is 35.5. The molecular weight excluding hydrogens is 386 g/mol. The fourth-order valence-electron chi connectivity index (χ4n) is 3.71. The first-order chi connectivity index (χ1) is 13.8. The molecule has 1 amide bonds.